The van der Waals surface area contributed by atoms with Crippen LogP contribution in [0.1, 0.15) is 52.0 Å². The Kier molecular flexibility index (Phi) is 5.93. The van der Waals surface area contributed by atoms with E-state index in [-0.39, 0.29) is 12.1 Å². The molecule has 2 rings (SSSR count). The summed E-state index contributed by atoms with van der Waals surface area (Å²) in [5, 5.41) is 7.15. The van der Waals surface area contributed by atoms with Gasteiger partial charge in [0, 0.05) is 23.7 Å². The molecule has 4 nitrogen and oxygen atoms in total. The minimum absolute atomic E-state index is 0.0371. The summed E-state index contributed by atoms with van der Waals surface area (Å²) >= 11 is 6.04. The van der Waals surface area contributed by atoms with Crippen molar-refractivity contribution in [2.75, 3.05) is 6.54 Å². The zero-order valence-electron chi connectivity index (χ0n) is 14.4. The predicted octanol–water partition coefficient (Wildman–Crippen LogP) is 4.09. The van der Waals surface area contributed by atoms with Gasteiger partial charge in [0.25, 0.3) is 0 Å². The molecule has 2 N–H and O–H groups in total. The lowest BCUT2D eigenvalue weighted by atomic mass is 9.76. The van der Waals surface area contributed by atoms with E-state index in [4.69, 9.17) is 16.3 Å². The average molecular weight is 339 g/mol. The fourth-order valence-electron chi connectivity index (χ4n) is 2.72. The topological polar surface area (TPSA) is 50.4 Å². The Morgan fingerprint density at radius 2 is 2.09 bits per heavy atom. The third-order valence-corrected chi connectivity index (χ3v) is 4.17. The summed E-state index contributed by atoms with van der Waals surface area (Å²) in [6, 6.07) is 8.64. The van der Waals surface area contributed by atoms with Gasteiger partial charge >= 0.3 is 6.09 Å². The molecule has 1 aliphatic carbocycles. The Balaban J connectivity index is 1.65. The summed E-state index contributed by atoms with van der Waals surface area (Å²) in [7, 11) is 0. The second-order valence-electron chi connectivity index (χ2n) is 7.38. The molecular formula is C18H27ClN2O2. The molecular weight excluding hydrogens is 312 g/mol. The summed E-state index contributed by atoms with van der Waals surface area (Å²) in [5.41, 5.74) is 0.852. The smallest absolute Gasteiger partial charge is 0.407 e. The molecule has 1 amide bonds. The van der Waals surface area contributed by atoms with Crippen LogP contribution in [0.4, 0.5) is 4.79 Å². The molecule has 128 valence electrons. The molecule has 0 aliphatic heterocycles. The summed E-state index contributed by atoms with van der Waals surface area (Å²) in [5.74, 6) is 0.584. The summed E-state index contributed by atoms with van der Waals surface area (Å²) in [6.45, 7) is 8.30. The highest BCUT2D eigenvalue weighted by Crippen LogP contribution is 2.37. The molecule has 1 atom stereocenters. The van der Waals surface area contributed by atoms with Gasteiger partial charge in [-0.3, -0.25) is 0 Å². The van der Waals surface area contributed by atoms with Crippen molar-refractivity contribution in [1.82, 2.24) is 10.6 Å². The minimum Gasteiger partial charge on any atom is -0.444 e. The van der Waals surface area contributed by atoms with Gasteiger partial charge in [-0.25, -0.2) is 4.79 Å². The largest absolute Gasteiger partial charge is 0.444 e. The van der Waals surface area contributed by atoms with Crippen molar-refractivity contribution in [2.24, 2.45) is 0 Å². The van der Waals surface area contributed by atoms with Gasteiger partial charge in [0.05, 0.1) is 0 Å². The highest BCUT2D eigenvalue weighted by molar-refractivity contribution is 6.30. The maximum absolute atomic E-state index is 11.7. The molecule has 1 aromatic carbocycles. The van der Waals surface area contributed by atoms with Gasteiger partial charge in [-0.2, -0.15) is 0 Å². The van der Waals surface area contributed by atoms with Crippen LogP contribution in [0, 0.1) is 0 Å². The number of carbonyl (C=O) groups is 1. The molecule has 1 unspecified atom stereocenters. The Labute approximate surface area is 143 Å². The van der Waals surface area contributed by atoms with E-state index in [9.17, 15) is 4.79 Å². The second-order valence-corrected chi connectivity index (χ2v) is 7.81. The van der Waals surface area contributed by atoms with E-state index < -0.39 is 5.60 Å². The highest BCUT2D eigenvalue weighted by atomic mass is 35.5. The minimum atomic E-state index is -0.463. The third kappa shape index (κ3) is 6.04. The Bertz CT molecular complexity index is 536. The van der Waals surface area contributed by atoms with Gasteiger partial charge in [-0.15, -0.1) is 0 Å². The first-order valence-electron chi connectivity index (χ1n) is 8.21. The number of hydrogen-bond acceptors (Lipinski definition) is 3. The van der Waals surface area contributed by atoms with Crippen molar-refractivity contribution in [3.8, 4) is 0 Å². The number of nitrogens with one attached hydrogen (secondary N) is 2. The molecule has 1 saturated carbocycles. The zero-order chi connectivity index (χ0) is 17.0. The summed E-state index contributed by atoms with van der Waals surface area (Å²) in [6.07, 6.45) is 1.86. The Morgan fingerprint density at radius 1 is 1.39 bits per heavy atom. The van der Waals surface area contributed by atoms with Crippen molar-refractivity contribution in [3.63, 3.8) is 0 Å². The molecule has 1 fully saturated rings. The molecule has 0 heterocycles. The quantitative estimate of drug-likeness (QED) is 0.850. The standard InChI is InChI=1S/C18H27ClN2O2/c1-12(21-17(22)23-18(2,3)4)11-20-16-9-14(10-16)13-6-5-7-15(19)8-13/h5-8,12,14,16,20H,9-11H2,1-4H3,(H,21,22). The van der Waals surface area contributed by atoms with Crippen LogP contribution in [0.3, 0.4) is 0 Å². The lowest BCUT2D eigenvalue weighted by Crippen LogP contribution is -2.48. The van der Waals surface area contributed by atoms with Gasteiger partial charge < -0.3 is 15.4 Å². The van der Waals surface area contributed by atoms with Crippen molar-refractivity contribution in [3.05, 3.63) is 34.9 Å². The van der Waals surface area contributed by atoms with Crippen LogP contribution in [0.5, 0.6) is 0 Å². The van der Waals surface area contributed by atoms with Crippen LogP contribution >= 0.6 is 11.6 Å². The van der Waals surface area contributed by atoms with E-state index in [2.05, 4.69) is 22.8 Å². The molecule has 0 saturated heterocycles. The SMILES string of the molecule is CC(CNC1CC(c2cccc(Cl)c2)C1)NC(=O)OC(C)(C)C. The molecule has 23 heavy (non-hydrogen) atoms. The fourth-order valence-corrected chi connectivity index (χ4v) is 2.92. The van der Waals surface area contributed by atoms with Gasteiger partial charge in [-0.1, -0.05) is 23.7 Å². The van der Waals surface area contributed by atoms with Crippen LogP contribution < -0.4 is 10.6 Å². The van der Waals surface area contributed by atoms with Crippen LogP contribution in [-0.4, -0.2) is 30.3 Å². The lowest BCUT2D eigenvalue weighted by molar-refractivity contribution is 0.0506. The second kappa shape index (κ2) is 7.54. The fraction of sp³-hybridized carbons (Fsp3) is 0.611. The van der Waals surface area contributed by atoms with E-state index >= 15 is 0 Å². The van der Waals surface area contributed by atoms with Crippen molar-refractivity contribution >= 4 is 17.7 Å². The lowest BCUT2D eigenvalue weighted by Gasteiger charge is -2.37. The van der Waals surface area contributed by atoms with Crippen LogP contribution in [0.2, 0.25) is 5.02 Å². The van der Waals surface area contributed by atoms with Gasteiger partial charge in [0.2, 0.25) is 0 Å². The number of alkyl carbamates (subject to hydrolysis) is 1. The van der Waals surface area contributed by atoms with Gasteiger partial charge in [0.1, 0.15) is 5.60 Å². The van der Waals surface area contributed by atoms with Crippen molar-refractivity contribution < 1.29 is 9.53 Å². The number of carbonyl (C=O) groups excluding carboxylic acids is 1. The molecule has 5 heteroatoms. The van der Waals surface area contributed by atoms with Crippen molar-refractivity contribution in [1.29, 1.82) is 0 Å². The Morgan fingerprint density at radius 3 is 2.70 bits per heavy atom. The molecule has 0 radical (unpaired) electrons. The average Bonchev–Trinajstić information content (AvgIpc) is 2.34. The number of halogens is 1. The number of benzene rings is 1. The number of rotatable bonds is 5. The molecule has 1 aromatic rings. The number of amides is 1. The maximum atomic E-state index is 11.7. The first-order chi connectivity index (χ1) is 10.7. The van der Waals surface area contributed by atoms with Crippen LogP contribution in [0.15, 0.2) is 24.3 Å². The molecule has 0 bridgehead atoms. The van der Waals surface area contributed by atoms with E-state index in [1.165, 1.54) is 5.56 Å². The predicted molar refractivity (Wildman–Crippen MR) is 94.0 cm³/mol. The van der Waals surface area contributed by atoms with E-state index in [0.29, 0.717) is 12.0 Å². The zero-order valence-corrected chi connectivity index (χ0v) is 15.1. The first-order valence-corrected chi connectivity index (χ1v) is 8.59. The highest BCUT2D eigenvalue weighted by Gasteiger charge is 2.30. The Hall–Kier alpha value is -1.26. The van der Waals surface area contributed by atoms with E-state index in [1.807, 2.05) is 39.8 Å². The van der Waals surface area contributed by atoms with Gasteiger partial charge in [0.15, 0.2) is 0 Å². The van der Waals surface area contributed by atoms with Crippen LogP contribution in [0.25, 0.3) is 0 Å². The number of hydrogen-bond donors (Lipinski definition) is 2. The molecule has 0 spiro atoms. The van der Waals surface area contributed by atoms with E-state index in [1.54, 1.807) is 0 Å². The third-order valence-electron chi connectivity index (χ3n) is 3.93. The van der Waals surface area contributed by atoms with E-state index in [0.717, 1.165) is 24.4 Å². The van der Waals surface area contributed by atoms with Crippen LogP contribution in [-0.2, 0) is 4.74 Å². The number of ether oxygens (including phenoxy) is 1. The molecule has 1 aliphatic rings. The van der Waals surface area contributed by atoms with Gasteiger partial charge in [-0.05, 0) is 64.2 Å². The first kappa shape index (κ1) is 18.1. The summed E-state index contributed by atoms with van der Waals surface area (Å²) in [4.78, 5) is 11.7. The normalized spacial score (nSPS) is 22.1. The maximum Gasteiger partial charge on any atom is 0.407 e. The summed E-state index contributed by atoms with van der Waals surface area (Å²) < 4.78 is 5.25. The monoisotopic (exact) mass is 338 g/mol. The van der Waals surface area contributed by atoms with Crippen molar-refractivity contribution in [2.45, 2.75) is 64.1 Å². The molecule has 0 aromatic heterocycles.